The van der Waals surface area contributed by atoms with Gasteiger partial charge in [0.15, 0.2) is 5.69 Å². The highest BCUT2D eigenvalue weighted by Crippen LogP contribution is 2.14. The van der Waals surface area contributed by atoms with Gasteiger partial charge >= 0.3 is 0 Å². The van der Waals surface area contributed by atoms with E-state index >= 15 is 0 Å². The van der Waals surface area contributed by atoms with E-state index in [0.29, 0.717) is 6.54 Å². The summed E-state index contributed by atoms with van der Waals surface area (Å²) in [6, 6.07) is 0. The van der Waals surface area contributed by atoms with Crippen molar-refractivity contribution in [2.45, 2.75) is 18.5 Å². The molecule has 0 saturated heterocycles. The number of aromatic nitrogens is 2. The van der Waals surface area contributed by atoms with Crippen LogP contribution in [0.25, 0.3) is 0 Å². The molecular weight excluding hydrogens is 266 g/mol. The van der Waals surface area contributed by atoms with Gasteiger partial charge in [-0.05, 0) is 6.42 Å². The summed E-state index contributed by atoms with van der Waals surface area (Å²) in [6.45, 7) is 2.36. The molecule has 0 aliphatic carbocycles. The first-order chi connectivity index (χ1) is 7.86. The minimum Gasteiger partial charge on any atom is -0.351 e. The quantitative estimate of drug-likeness (QED) is 0.817. The number of hydrogen-bond donors (Lipinski definition) is 1. The Kier molecular flexibility index (Phi) is 4.41. The average Bonchev–Trinajstić information content (AvgIpc) is 2.24. The molecule has 0 fully saturated rings. The second kappa shape index (κ2) is 5.42. The zero-order valence-corrected chi connectivity index (χ0v) is 11.0. The molecule has 17 heavy (non-hydrogen) atoms. The number of hydrogen-bond acceptors (Lipinski definition) is 5. The van der Waals surface area contributed by atoms with E-state index < -0.39 is 20.9 Å². The summed E-state index contributed by atoms with van der Waals surface area (Å²) in [5.41, 5.74) is -0.129. The van der Waals surface area contributed by atoms with Gasteiger partial charge in [-0.3, -0.25) is 4.79 Å². The first kappa shape index (κ1) is 13.9. The van der Waals surface area contributed by atoms with E-state index in [1.54, 1.807) is 0 Å². The summed E-state index contributed by atoms with van der Waals surface area (Å²) in [6.07, 6.45) is 2.82. The van der Waals surface area contributed by atoms with Crippen LogP contribution in [0.4, 0.5) is 0 Å². The summed E-state index contributed by atoms with van der Waals surface area (Å²) in [4.78, 5) is 18.8. The minimum absolute atomic E-state index is 0.0194. The summed E-state index contributed by atoms with van der Waals surface area (Å²) in [5.74, 6) is -0.510. The minimum atomic E-state index is -3.56. The Labute approximate surface area is 104 Å². The lowest BCUT2D eigenvalue weighted by molar-refractivity contribution is 0.0948. The highest BCUT2D eigenvalue weighted by molar-refractivity contribution is 7.90. The van der Waals surface area contributed by atoms with Crippen molar-refractivity contribution in [2.24, 2.45) is 0 Å². The summed E-state index contributed by atoms with van der Waals surface area (Å²) < 4.78 is 22.5. The third-order valence-corrected chi connectivity index (χ3v) is 2.94. The fraction of sp³-hybridized carbons (Fsp3) is 0.444. The van der Waals surface area contributed by atoms with E-state index in [1.165, 1.54) is 0 Å². The Morgan fingerprint density at radius 2 is 2.18 bits per heavy atom. The van der Waals surface area contributed by atoms with Crippen molar-refractivity contribution < 1.29 is 13.2 Å². The van der Waals surface area contributed by atoms with Gasteiger partial charge in [0.05, 0.1) is 11.2 Å². The maximum absolute atomic E-state index is 11.6. The van der Waals surface area contributed by atoms with Crippen LogP contribution in [0.2, 0.25) is 5.02 Å². The third-order valence-electron chi connectivity index (χ3n) is 1.80. The van der Waals surface area contributed by atoms with E-state index in [-0.39, 0.29) is 10.7 Å². The molecule has 8 heteroatoms. The zero-order valence-electron chi connectivity index (χ0n) is 9.40. The van der Waals surface area contributed by atoms with Gasteiger partial charge in [0.2, 0.25) is 15.0 Å². The van der Waals surface area contributed by atoms with E-state index in [4.69, 9.17) is 11.6 Å². The highest BCUT2D eigenvalue weighted by atomic mass is 35.5. The van der Waals surface area contributed by atoms with Crippen molar-refractivity contribution >= 4 is 27.3 Å². The van der Waals surface area contributed by atoms with Crippen LogP contribution in [0.1, 0.15) is 23.8 Å². The summed E-state index contributed by atoms with van der Waals surface area (Å²) in [5, 5.41) is 2.17. The van der Waals surface area contributed by atoms with Crippen LogP contribution in [-0.2, 0) is 9.84 Å². The molecule has 94 valence electrons. The number of halogens is 1. The van der Waals surface area contributed by atoms with Crippen molar-refractivity contribution in [3.63, 3.8) is 0 Å². The fourth-order valence-electron chi connectivity index (χ4n) is 1.01. The number of nitrogens with one attached hydrogen (secondary N) is 1. The number of nitrogens with zero attached hydrogens (tertiary/aromatic N) is 2. The van der Waals surface area contributed by atoms with Crippen molar-refractivity contribution in [1.29, 1.82) is 0 Å². The van der Waals surface area contributed by atoms with Crippen molar-refractivity contribution in [3.8, 4) is 0 Å². The van der Waals surface area contributed by atoms with Gasteiger partial charge in [-0.25, -0.2) is 18.4 Å². The standard InChI is InChI=1S/C9H12ClN3O3S/c1-3-4-11-8(14)7-6(10)5-12-9(13-7)17(2,15)16/h5H,3-4H2,1-2H3,(H,11,14). The lowest BCUT2D eigenvalue weighted by Crippen LogP contribution is -2.26. The van der Waals surface area contributed by atoms with Gasteiger partial charge in [-0.15, -0.1) is 0 Å². The van der Waals surface area contributed by atoms with E-state index in [2.05, 4.69) is 15.3 Å². The molecule has 1 heterocycles. The largest absolute Gasteiger partial charge is 0.351 e. The molecule has 0 unspecified atom stereocenters. The summed E-state index contributed by atoms with van der Waals surface area (Å²) >= 11 is 5.74. The molecule has 0 aliphatic rings. The molecule has 6 nitrogen and oxygen atoms in total. The van der Waals surface area contributed by atoms with Gasteiger partial charge in [0, 0.05) is 12.8 Å². The van der Waals surface area contributed by atoms with Gasteiger partial charge in [0.1, 0.15) is 0 Å². The van der Waals surface area contributed by atoms with Crippen LogP contribution in [0.15, 0.2) is 11.4 Å². The van der Waals surface area contributed by atoms with Crippen LogP contribution in [-0.4, -0.2) is 37.1 Å². The topological polar surface area (TPSA) is 89.0 Å². The molecule has 1 aromatic heterocycles. The Bertz CT molecular complexity index is 530. The Balaban J connectivity index is 3.11. The van der Waals surface area contributed by atoms with Gasteiger partial charge in [-0.2, -0.15) is 0 Å². The number of rotatable bonds is 4. The molecular formula is C9H12ClN3O3S. The number of carbonyl (C=O) groups is 1. The number of amides is 1. The first-order valence-electron chi connectivity index (χ1n) is 4.87. The summed E-state index contributed by atoms with van der Waals surface area (Å²) in [7, 11) is -3.56. The Morgan fingerprint density at radius 1 is 1.53 bits per heavy atom. The van der Waals surface area contributed by atoms with Gasteiger partial charge in [0.25, 0.3) is 5.91 Å². The van der Waals surface area contributed by atoms with Crippen LogP contribution in [0.3, 0.4) is 0 Å². The normalized spacial score (nSPS) is 11.2. The molecule has 1 amide bonds. The Hall–Kier alpha value is -1.21. The second-order valence-corrected chi connectivity index (χ2v) is 5.69. The maximum Gasteiger partial charge on any atom is 0.271 e. The van der Waals surface area contributed by atoms with Crippen molar-refractivity contribution in [3.05, 3.63) is 16.9 Å². The molecule has 0 spiro atoms. The molecule has 0 radical (unpaired) electrons. The first-order valence-corrected chi connectivity index (χ1v) is 7.14. The van der Waals surface area contributed by atoms with E-state index in [0.717, 1.165) is 18.9 Å². The number of carbonyl (C=O) groups excluding carboxylic acids is 1. The lowest BCUT2D eigenvalue weighted by Gasteiger charge is -2.05. The van der Waals surface area contributed by atoms with Crippen molar-refractivity contribution in [1.82, 2.24) is 15.3 Å². The molecule has 0 saturated carbocycles. The molecule has 1 rings (SSSR count). The van der Waals surface area contributed by atoms with Gasteiger partial charge in [-0.1, -0.05) is 18.5 Å². The fourth-order valence-corrected chi connectivity index (χ4v) is 1.69. The predicted octanol–water partition coefficient (Wildman–Crippen LogP) is 0.673. The SMILES string of the molecule is CCCNC(=O)c1nc(S(C)(=O)=O)ncc1Cl. The van der Waals surface area contributed by atoms with Gasteiger partial charge < -0.3 is 5.32 Å². The molecule has 1 N–H and O–H groups in total. The number of sulfone groups is 1. The molecule has 0 aromatic carbocycles. The van der Waals surface area contributed by atoms with Crippen molar-refractivity contribution in [2.75, 3.05) is 12.8 Å². The zero-order chi connectivity index (χ0) is 13.1. The van der Waals surface area contributed by atoms with Crippen LogP contribution in [0, 0.1) is 0 Å². The van der Waals surface area contributed by atoms with Crippen LogP contribution >= 0.6 is 11.6 Å². The molecule has 0 bridgehead atoms. The third kappa shape index (κ3) is 3.64. The smallest absolute Gasteiger partial charge is 0.271 e. The lowest BCUT2D eigenvalue weighted by atomic mass is 10.3. The average molecular weight is 278 g/mol. The van der Waals surface area contributed by atoms with E-state index in [9.17, 15) is 13.2 Å². The monoisotopic (exact) mass is 277 g/mol. The Morgan fingerprint density at radius 3 is 2.71 bits per heavy atom. The highest BCUT2D eigenvalue weighted by Gasteiger charge is 2.18. The molecule has 1 aromatic rings. The second-order valence-electron chi connectivity index (χ2n) is 3.38. The predicted molar refractivity (Wildman–Crippen MR) is 62.8 cm³/mol. The molecule has 0 aliphatic heterocycles. The van der Waals surface area contributed by atoms with Crippen LogP contribution in [0.5, 0.6) is 0 Å². The van der Waals surface area contributed by atoms with Crippen LogP contribution < -0.4 is 5.32 Å². The maximum atomic E-state index is 11.6. The molecule has 0 atom stereocenters. The van der Waals surface area contributed by atoms with E-state index in [1.807, 2.05) is 6.92 Å².